The van der Waals surface area contributed by atoms with Crippen LogP contribution in [0.5, 0.6) is 0 Å². The first-order valence-electron chi connectivity index (χ1n) is 8.04. The molecule has 0 spiro atoms. The molecule has 0 saturated carbocycles. The monoisotopic (exact) mass is 383 g/mol. The average molecular weight is 383 g/mol. The predicted molar refractivity (Wildman–Crippen MR) is 101 cm³/mol. The Labute approximate surface area is 156 Å². The van der Waals surface area contributed by atoms with Crippen LogP contribution in [0.1, 0.15) is 15.9 Å². The topological polar surface area (TPSA) is 108 Å². The summed E-state index contributed by atoms with van der Waals surface area (Å²) in [6, 6.07) is 15.5. The summed E-state index contributed by atoms with van der Waals surface area (Å²) in [4.78, 5) is 26.3. The van der Waals surface area contributed by atoms with Crippen molar-refractivity contribution in [1.82, 2.24) is 10.4 Å². The van der Waals surface area contributed by atoms with Gasteiger partial charge >= 0.3 is 0 Å². The number of carbonyl (C=O) groups is 1. The minimum Gasteiger partial charge on any atom is -0.328 e. The second-order valence-electron chi connectivity index (χ2n) is 5.83. The number of aryl methyl sites for hydroxylation is 1. The molecule has 2 aromatic carbocycles. The molecule has 3 N–H and O–H groups in total. The standard InChI is InChI=1S/C19H17N3O4S/c1-13-4-8-15(9-5-13)27(25,26)16-10-6-14(7-11-16)21-22-19(24)17-3-2-12-20-18(17)23/h2-12,21H,1H3,(H,20,23)(H,22,24). The molecule has 0 fully saturated rings. The lowest BCUT2D eigenvalue weighted by molar-refractivity contribution is 0.0961. The summed E-state index contributed by atoms with van der Waals surface area (Å²) in [5.41, 5.74) is 5.95. The van der Waals surface area contributed by atoms with E-state index in [1.165, 1.54) is 36.5 Å². The molecular weight excluding hydrogens is 366 g/mol. The molecule has 3 rings (SSSR count). The Kier molecular flexibility index (Phi) is 5.09. The largest absolute Gasteiger partial charge is 0.328 e. The van der Waals surface area contributed by atoms with Gasteiger partial charge in [0.05, 0.1) is 15.5 Å². The number of hydrazine groups is 1. The number of rotatable bonds is 5. The van der Waals surface area contributed by atoms with Crippen LogP contribution in [-0.4, -0.2) is 19.3 Å². The first-order chi connectivity index (χ1) is 12.9. The molecule has 0 bridgehead atoms. The van der Waals surface area contributed by atoms with Gasteiger partial charge in [-0.3, -0.25) is 20.4 Å². The van der Waals surface area contributed by atoms with Crippen LogP contribution in [-0.2, 0) is 9.84 Å². The van der Waals surface area contributed by atoms with Crippen LogP contribution in [0.3, 0.4) is 0 Å². The van der Waals surface area contributed by atoms with E-state index in [-0.39, 0.29) is 15.4 Å². The zero-order chi connectivity index (χ0) is 19.4. The maximum absolute atomic E-state index is 12.6. The first-order valence-corrected chi connectivity index (χ1v) is 9.52. The number of benzene rings is 2. The van der Waals surface area contributed by atoms with E-state index in [0.29, 0.717) is 5.69 Å². The van der Waals surface area contributed by atoms with Crippen LogP contribution in [0, 0.1) is 6.92 Å². The van der Waals surface area contributed by atoms with Crippen molar-refractivity contribution in [1.29, 1.82) is 0 Å². The van der Waals surface area contributed by atoms with Crippen molar-refractivity contribution in [2.45, 2.75) is 16.7 Å². The van der Waals surface area contributed by atoms with Crippen molar-refractivity contribution < 1.29 is 13.2 Å². The Morgan fingerprint density at radius 3 is 2.11 bits per heavy atom. The lowest BCUT2D eigenvalue weighted by Gasteiger charge is -2.09. The summed E-state index contributed by atoms with van der Waals surface area (Å²) >= 11 is 0. The lowest BCUT2D eigenvalue weighted by atomic mass is 10.2. The number of aromatic amines is 1. The molecule has 1 aromatic heterocycles. The number of hydrogen-bond donors (Lipinski definition) is 3. The number of H-pyrrole nitrogens is 1. The van der Waals surface area contributed by atoms with Crippen molar-refractivity contribution in [3.8, 4) is 0 Å². The summed E-state index contributed by atoms with van der Waals surface area (Å²) in [5, 5.41) is 0. The molecule has 138 valence electrons. The van der Waals surface area contributed by atoms with Gasteiger partial charge in [0.2, 0.25) is 9.84 Å². The van der Waals surface area contributed by atoms with Crippen LogP contribution >= 0.6 is 0 Å². The third-order valence-electron chi connectivity index (χ3n) is 3.88. The zero-order valence-electron chi connectivity index (χ0n) is 14.4. The zero-order valence-corrected chi connectivity index (χ0v) is 15.2. The number of pyridine rings is 1. The van der Waals surface area contributed by atoms with Gasteiger partial charge in [-0.25, -0.2) is 8.42 Å². The fourth-order valence-electron chi connectivity index (χ4n) is 2.37. The normalized spacial score (nSPS) is 11.0. The number of nitrogens with one attached hydrogen (secondary N) is 3. The quantitative estimate of drug-likeness (QED) is 0.586. The van der Waals surface area contributed by atoms with Crippen molar-refractivity contribution in [2.75, 3.05) is 5.43 Å². The van der Waals surface area contributed by atoms with Gasteiger partial charge in [-0.1, -0.05) is 17.7 Å². The Balaban J connectivity index is 1.72. The molecule has 0 aliphatic rings. The van der Waals surface area contributed by atoms with Gasteiger partial charge in [0, 0.05) is 6.20 Å². The number of aromatic nitrogens is 1. The molecule has 3 aromatic rings. The molecule has 0 atom stereocenters. The molecule has 0 saturated heterocycles. The van der Waals surface area contributed by atoms with Gasteiger partial charge < -0.3 is 4.98 Å². The molecule has 0 radical (unpaired) electrons. The van der Waals surface area contributed by atoms with Crippen LogP contribution in [0.2, 0.25) is 0 Å². The van der Waals surface area contributed by atoms with E-state index in [0.717, 1.165) is 5.56 Å². The minimum absolute atomic E-state index is 0.0384. The van der Waals surface area contributed by atoms with Crippen molar-refractivity contribution in [3.05, 3.63) is 88.3 Å². The van der Waals surface area contributed by atoms with Crippen molar-refractivity contribution in [3.63, 3.8) is 0 Å². The maximum Gasteiger partial charge on any atom is 0.275 e. The summed E-state index contributed by atoms with van der Waals surface area (Å²) in [7, 11) is -3.61. The van der Waals surface area contributed by atoms with E-state index >= 15 is 0 Å². The highest BCUT2D eigenvalue weighted by atomic mass is 32.2. The number of amides is 1. The molecule has 1 heterocycles. The highest BCUT2D eigenvalue weighted by Crippen LogP contribution is 2.22. The first kappa shape index (κ1) is 18.4. The van der Waals surface area contributed by atoms with E-state index in [9.17, 15) is 18.0 Å². The van der Waals surface area contributed by atoms with Gasteiger partial charge in [-0.15, -0.1) is 0 Å². The van der Waals surface area contributed by atoms with Gasteiger partial charge in [0.1, 0.15) is 5.56 Å². The van der Waals surface area contributed by atoms with E-state index in [4.69, 9.17) is 0 Å². The summed E-state index contributed by atoms with van der Waals surface area (Å²) in [6.45, 7) is 1.88. The molecule has 0 unspecified atom stereocenters. The van der Waals surface area contributed by atoms with Gasteiger partial charge in [0.15, 0.2) is 0 Å². The van der Waals surface area contributed by atoms with Gasteiger partial charge in [-0.05, 0) is 55.5 Å². The van der Waals surface area contributed by atoms with Crippen LogP contribution in [0.15, 0.2) is 81.4 Å². The van der Waals surface area contributed by atoms with Gasteiger partial charge in [-0.2, -0.15) is 0 Å². The Morgan fingerprint density at radius 1 is 0.926 bits per heavy atom. The Morgan fingerprint density at radius 2 is 1.52 bits per heavy atom. The summed E-state index contributed by atoms with van der Waals surface area (Å²) < 4.78 is 25.2. The Bertz CT molecular complexity index is 1120. The highest BCUT2D eigenvalue weighted by Gasteiger charge is 2.17. The average Bonchev–Trinajstić information content (AvgIpc) is 2.67. The molecule has 0 aliphatic carbocycles. The van der Waals surface area contributed by atoms with E-state index in [1.807, 2.05) is 6.92 Å². The highest BCUT2D eigenvalue weighted by molar-refractivity contribution is 7.91. The molecule has 1 amide bonds. The third kappa shape index (κ3) is 4.06. The lowest BCUT2D eigenvalue weighted by Crippen LogP contribution is -2.33. The van der Waals surface area contributed by atoms with Crippen LogP contribution < -0.4 is 16.4 Å². The number of hydrogen-bond acceptors (Lipinski definition) is 5. The maximum atomic E-state index is 12.6. The minimum atomic E-state index is -3.61. The van der Waals surface area contributed by atoms with Crippen LogP contribution in [0.25, 0.3) is 0 Å². The SMILES string of the molecule is Cc1ccc(S(=O)(=O)c2ccc(NNC(=O)c3ccc[nH]c3=O)cc2)cc1. The van der Waals surface area contributed by atoms with Gasteiger partial charge in [0.25, 0.3) is 11.5 Å². The van der Waals surface area contributed by atoms with Crippen molar-refractivity contribution >= 4 is 21.4 Å². The predicted octanol–water partition coefficient (Wildman–Crippen LogP) is 2.27. The summed E-state index contributed by atoms with van der Waals surface area (Å²) in [5.74, 6) is -0.604. The number of anilines is 1. The second-order valence-corrected chi connectivity index (χ2v) is 7.78. The smallest absolute Gasteiger partial charge is 0.275 e. The van der Waals surface area contributed by atoms with E-state index in [1.54, 1.807) is 30.3 Å². The molecule has 27 heavy (non-hydrogen) atoms. The molecule has 7 nitrogen and oxygen atoms in total. The second kappa shape index (κ2) is 7.46. The fraction of sp³-hybridized carbons (Fsp3) is 0.0526. The van der Waals surface area contributed by atoms with E-state index in [2.05, 4.69) is 15.8 Å². The third-order valence-corrected chi connectivity index (χ3v) is 5.66. The van der Waals surface area contributed by atoms with E-state index < -0.39 is 21.3 Å². The summed E-state index contributed by atoms with van der Waals surface area (Å²) in [6.07, 6.45) is 1.43. The number of sulfone groups is 1. The molecular formula is C19H17N3O4S. The Hall–Kier alpha value is -3.39. The molecule has 0 aliphatic heterocycles. The van der Waals surface area contributed by atoms with Crippen molar-refractivity contribution in [2.24, 2.45) is 0 Å². The molecule has 8 heteroatoms. The fourth-order valence-corrected chi connectivity index (χ4v) is 3.63. The number of carbonyl (C=O) groups excluding carboxylic acids is 1. The van der Waals surface area contributed by atoms with Crippen LogP contribution in [0.4, 0.5) is 5.69 Å².